The lowest BCUT2D eigenvalue weighted by molar-refractivity contribution is -0.119. The Kier molecular flexibility index (Phi) is 5.77. The van der Waals surface area contributed by atoms with Gasteiger partial charge >= 0.3 is 0 Å². The molecule has 0 saturated carbocycles. The number of aryl methyl sites for hydroxylation is 1. The molecule has 9 heteroatoms. The van der Waals surface area contributed by atoms with Crippen LogP contribution in [-0.2, 0) is 16.9 Å². The minimum atomic E-state index is -3.53. The Bertz CT molecular complexity index is 1180. The van der Waals surface area contributed by atoms with Crippen LogP contribution >= 0.6 is 9.24 Å². The van der Waals surface area contributed by atoms with Gasteiger partial charge in [0.1, 0.15) is 12.4 Å². The van der Waals surface area contributed by atoms with Gasteiger partial charge in [-0.25, -0.2) is 0 Å². The number of amides is 1. The zero-order valence-corrected chi connectivity index (χ0v) is 18.9. The van der Waals surface area contributed by atoms with Crippen LogP contribution in [0, 0.1) is 0 Å². The summed E-state index contributed by atoms with van der Waals surface area (Å²) < 4.78 is 37.3. The lowest BCUT2D eigenvalue weighted by Gasteiger charge is -2.32. The highest BCUT2D eigenvalue weighted by atomic mass is 31.0. The summed E-state index contributed by atoms with van der Waals surface area (Å²) in [6, 6.07) is 9.84. The van der Waals surface area contributed by atoms with Crippen molar-refractivity contribution in [3.05, 3.63) is 59.9 Å². The first-order valence-corrected chi connectivity index (χ1v) is 10.8. The molecule has 168 valence electrons. The summed E-state index contributed by atoms with van der Waals surface area (Å²) >= 11 is 0. The van der Waals surface area contributed by atoms with E-state index in [-0.39, 0.29) is 30.2 Å². The van der Waals surface area contributed by atoms with E-state index in [2.05, 4.69) is 10.4 Å². The van der Waals surface area contributed by atoms with Crippen molar-refractivity contribution in [3.63, 3.8) is 0 Å². The van der Waals surface area contributed by atoms with Crippen LogP contribution in [0.1, 0.15) is 25.0 Å². The van der Waals surface area contributed by atoms with Gasteiger partial charge in [0.25, 0.3) is 5.66 Å². The number of benzene rings is 2. The number of nitrogens with zero attached hydrogens (tertiary/aromatic N) is 2. The van der Waals surface area contributed by atoms with E-state index in [1.54, 1.807) is 35.1 Å². The molecule has 1 amide bonds. The van der Waals surface area contributed by atoms with E-state index < -0.39 is 11.3 Å². The fourth-order valence-electron chi connectivity index (χ4n) is 4.09. The molecule has 0 radical (unpaired) electrons. The van der Waals surface area contributed by atoms with Gasteiger partial charge in [-0.05, 0) is 35.7 Å². The average Bonchev–Trinajstić information content (AvgIpc) is 3.33. The number of rotatable bonds is 7. The zero-order valence-electron chi connectivity index (χ0n) is 17.7. The molecule has 0 aliphatic heterocycles. The molecule has 1 aliphatic carbocycles. The predicted molar refractivity (Wildman–Crippen MR) is 121 cm³/mol. The molecular weight excluding hydrogens is 435 g/mol. The number of hydrogen-bond acceptors (Lipinski definition) is 4. The molecular formula is C23H24F2N3O3P. The molecule has 1 heterocycles. The number of alkyl halides is 2. The van der Waals surface area contributed by atoms with Crippen molar-refractivity contribution in [2.45, 2.75) is 31.7 Å². The fraction of sp³-hybridized carbons (Fsp3) is 0.304. The van der Waals surface area contributed by atoms with Gasteiger partial charge in [0.2, 0.25) is 5.91 Å². The van der Waals surface area contributed by atoms with E-state index >= 15 is 0 Å². The lowest BCUT2D eigenvalue weighted by Crippen LogP contribution is -2.40. The van der Waals surface area contributed by atoms with Crippen LogP contribution in [0.25, 0.3) is 22.3 Å². The molecule has 32 heavy (non-hydrogen) atoms. The fourth-order valence-corrected chi connectivity index (χ4v) is 4.41. The molecule has 2 aromatic carbocycles. The Hall–Kier alpha value is -2.83. The third-order valence-electron chi connectivity index (χ3n) is 5.58. The SMILES string of the molecule is CCn1cc(-c2cc(OCCNC(C)=O)cc3c2-c2ccccc2C3(O)C(F)(F)P)cn1. The van der Waals surface area contributed by atoms with Crippen molar-refractivity contribution >= 4 is 15.1 Å². The van der Waals surface area contributed by atoms with Crippen molar-refractivity contribution in [1.82, 2.24) is 15.1 Å². The van der Waals surface area contributed by atoms with Gasteiger partial charge in [-0.15, -0.1) is 0 Å². The highest BCUT2D eigenvalue weighted by Crippen LogP contribution is 2.59. The number of halogens is 2. The predicted octanol–water partition coefficient (Wildman–Crippen LogP) is 3.77. The molecule has 6 nitrogen and oxygen atoms in total. The standard InChI is InChI=1S/C23H24F2N3O3P/c1-3-28-13-15(12-27-28)18-10-16(31-9-8-26-14(2)29)11-20-21(18)17-6-4-5-7-19(17)22(20,30)23(24,25)32/h4-7,10-13,30H,3,8-9,32H2,1-2H3,(H,26,29). The first-order valence-electron chi connectivity index (χ1n) is 10.2. The number of ether oxygens (including phenoxy) is 1. The summed E-state index contributed by atoms with van der Waals surface area (Å²) in [6.07, 6.45) is 3.49. The van der Waals surface area contributed by atoms with Gasteiger partial charge < -0.3 is 15.2 Å². The number of hydrogen-bond donors (Lipinski definition) is 2. The minimum Gasteiger partial charge on any atom is -0.492 e. The van der Waals surface area contributed by atoms with Gasteiger partial charge in [-0.1, -0.05) is 33.5 Å². The van der Waals surface area contributed by atoms with Crippen LogP contribution < -0.4 is 10.1 Å². The second-order valence-corrected chi connectivity index (χ2v) is 8.41. The maximum Gasteiger partial charge on any atom is 0.295 e. The van der Waals surface area contributed by atoms with Crippen molar-refractivity contribution in [3.8, 4) is 28.0 Å². The smallest absolute Gasteiger partial charge is 0.295 e. The quantitative estimate of drug-likeness (QED) is 0.417. The van der Waals surface area contributed by atoms with Gasteiger partial charge in [0.15, 0.2) is 5.60 Å². The highest BCUT2D eigenvalue weighted by Gasteiger charge is 2.57. The topological polar surface area (TPSA) is 76.4 Å². The lowest BCUT2D eigenvalue weighted by atomic mass is 9.90. The molecule has 2 N–H and O–H groups in total. The van der Waals surface area contributed by atoms with E-state index in [9.17, 15) is 18.7 Å². The Morgan fingerprint density at radius 3 is 2.69 bits per heavy atom. The van der Waals surface area contributed by atoms with Crippen molar-refractivity contribution in [2.75, 3.05) is 13.2 Å². The van der Waals surface area contributed by atoms with Crippen LogP contribution in [0.5, 0.6) is 5.75 Å². The van der Waals surface area contributed by atoms with Gasteiger partial charge in [-0.3, -0.25) is 9.48 Å². The summed E-state index contributed by atoms with van der Waals surface area (Å²) in [5.41, 5.74) is -3.46. The van der Waals surface area contributed by atoms with E-state index in [1.807, 2.05) is 13.1 Å². The van der Waals surface area contributed by atoms with Crippen LogP contribution in [0.15, 0.2) is 48.8 Å². The molecule has 2 atom stereocenters. The third-order valence-corrected chi connectivity index (χ3v) is 6.00. The van der Waals surface area contributed by atoms with Crippen LogP contribution in [0.3, 0.4) is 0 Å². The zero-order chi connectivity index (χ0) is 23.1. The van der Waals surface area contributed by atoms with Crippen molar-refractivity contribution in [1.29, 1.82) is 0 Å². The second-order valence-electron chi connectivity index (χ2n) is 7.69. The molecule has 1 aliphatic rings. The number of nitrogens with one attached hydrogen (secondary N) is 1. The van der Waals surface area contributed by atoms with Gasteiger partial charge in [0.05, 0.1) is 12.7 Å². The molecule has 1 aromatic heterocycles. The normalized spacial score (nSPS) is 17.1. The van der Waals surface area contributed by atoms with Crippen LogP contribution in [0.2, 0.25) is 0 Å². The Balaban J connectivity index is 1.91. The molecule has 3 aromatic rings. The van der Waals surface area contributed by atoms with Crippen molar-refractivity contribution in [2.24, 2.45) is 0 Å². The van der Waals surface area contributed by atoms with Crippen LogP contribution in [0.4, 0.5) is 8.78 Å². The van der Waals surface area contributed by atoms with E-state index in [0.717, 1.165) is 5.56 Å². The Morgan fingerprint density at radius 2 is 2.03 bits per heavy atom. The summed E-state index contributed by atoms with van der Waals surface area (Å²) in [5, 5.41) is 18.4. The van der Waals surface area contributed by atoms with Crippen LogP contribution in [-0.4, -0.2) is 39.6 Å². The number of aromatic nitrogens is 2. The first-order chi connectivity index (χ1) is 15.2. The molecule has 0 fully saturated rings. The maximum absolute atomic E-state index is 14.9. The summed E-state index contributed by atoms with van der Waals surface area (Å²) in [7, 11) is 1.47. The Labute approximate surface area is 186 Å². The largest absolute Gasteiger partial charge is 0.492 e. The van der Waals surface area contributed by atoms with Gasteiger partial charge in [0, 0.05) is 36.4 Å². The molecule has 4 rings (SSSR count). The van der Waals surface area contributed by atoms with E-state index in [4.69, 9.17) is 4.74 Å². The molecule has 0 spiro atoms. The summed E-state index contributed by atoms with van der Waals surface area (Å²) in [6.45, 7) is 4.41. The second kappa shape index (κ2) is 8.26. The highest BCUT2D eigenvalue weighted by molar-refractivity contribution is 7.18. The third kappa shape index (κ3) is 3.67. The maximum atomic E-state index is 14.9. The summed E-state index contributed by atoms with van der Waals surface area (Å²) in [4.78, 5) is 11.1. The van der Waals surface area contributed by atoms with Crippen molar-refractivity contribution < 1.29 is 23.4 Å². The summed E-state index contributed by atoms with van der Waals surface area (Å²) in [5.74, 6) is 0.122. The van der Waals surface area contributed by atoms with E-state index in [0.29, 0.717) is 29.0 Å². The van der Waals surface area contributed by atoms with Gasteiger partial charge in [-0.2, -0.15) is 13.9 Å². The number of aliphatic hydroxyl groups is 1. The molecule has 0 bridgehead atoms. The number of carbonyl (C=O) groups is 1. The monoisotopic (exact) mass is 459 g/mol. The Morgan fingerprint density at radius 1 is 1.28 bits per heavy atom. The minimum absolute atomic E-state index is 0.0648. The number of carbonyl (C=O) groups excluding carboxylic acids is 1. The number of fused-ring (bicyclic) bond motifs is 3. The molecule has 2 unspecified atom stereocenters. The van der Waals surface area contributed by atoms with E-state index in [1.165, 1.54) is 28.3 Å². The first kappa shape index (κ1) is 22.4. The molecule has 0 saturated heterocycles. The average molecular weight is 459 g/mol.